The van der Waals surface area contributed by atoms with Crippen molar-refractivity contribution in [3.05, 3.63) is 24.3 Å². The van der Waals surface area contributed by atoms with Crippen molar-refractivity contribution in [2.75, 3.05) is 26.7 Å². The van der Waals surface area contributed by atoms with Crippen LogP contribution in [0.4, 0.5) is 0 Å². The first-order valence-electron chi connectivity index (χ1n) is 7.82. The van der Waals surface area contributed by atoms with Gasteiger partial charge in [0.05, 0.1) is 0 Å². The Kier molecular flexibility index (Phi) is 6.34. The number of hydrogen-bond donors (Lipinski definition) is 0. The molecule has 1 heterocycles. The normalized spacial score (nSPS) is 22.5. The van der Waals surface area contributed by atoms with Crippen molar-refractivity contribution in [2.45, 2.75) is 46.1 Å². The van der Waals surface area contributed by atoms with Crippen LogP contribution in [0.1, 0.15) is 40.5 Å². The third kappa shape index (κ3) is 3.62. The fraction of sp³-hybridized carbons (Fsp3) is 0.647. The molecule has 0 saturated carbocycles. The quantitative estimate of drug-likeness (QED) is 0.645. The van der Waals surface area contributed by atoms with Crippen LogP contribution < -0.4 is 0 Å². The summed E-state index contributed by atoms with van der Waals surface area (Å²) in [5.41, 5.74) is -0.00204. The Hall–Kier alpha value is -1.42. The number of amidine groups is 1. The van der Waals surface area contributed by atoms with Crippen LogP contribution in [0.5, 0.6) is 0 Å². The maximum absolute atomic E-state index is 12.8. The molecular formula is C17H29N3O. The molecule has 21 heavy (non-hydrogen) atoms. The van der Waals surface area contributed by atoms with Crippen molar-refractivity contribution in [1.82, 2.24) is 9.80 Å². The molecule has 0 aromatic rings. The first-order valence-corrected chi connectivity index (χ1v) is 7.82. The molecule has 0 saturated heterocycles. The third-order valence-electron chi connectivity index (χ3n) is 4.21. The summed E-state index contributed by atoms with van der Waals surface area (Å²) in [5.74, 6) is 0.886. The number of carbonyl (C=O) groups excluding carboxylic acids is 1. The molecule has 0 spiro atoms. The Balaban J connectivity index is 2.82. The average Bonchev–Trinajstić information content (AvgIpc) is 2.72. The van der Waals surface area contributed by atoms with Gasteiger partial charge in [0.25, 0.3) is 5.91 Å². The van der Waals surface area contributed by atoms with Crippen LogP contribution in [-0.2, 0) is 4.79 Å². The highest BCUT2D eigenvalue weighted by Gasteiger charge is 2.46. The molecule has 0 unspecified atom stereocenters. The van der Waals surface area contributed by atoms with Gasteiger partial charge in [0.15, 0.2) is 5.54 Å². The number of amides is 1. The molecule has 0 radical (unpaired) electrons. The van der Waals surface area contributed by atoms with Crippen molar-refractivity contribution in [3.8, 4) is 0 Å². The number of hydrogen-bond acceptors (Lipinski definition) is 3. The molecule has 4 heteroatoms. The van der Waals surface area contributed by atoms with E-state index in [2.05, 4.69) is 30.4 Å². The molecule has 1 aliphatic rings. The van der Waals surface area contributed by atoms with E-state index in [1.807, 2.05) is 37.8 Å². The summed E-state index contributed by atoms with van der Waals surface area (Å²) >= 11 is 0. The van der Waals surface area contributed by atoms with E-state index in [9.17, 15) is 4.79 Å². The van der Waals surface area contributed by atoms with E-state index in [1.165, 1.54) is 0 Å². The number of carbonyl (C=O) groups is 1. The summed E-state index contributed by atoms with van der Waals surface area (Å²) in [5, 5.41) is 0. The van der Waals surface area contributed by atoms with Gasteiger partial charge in [-0.15, -0.1) is 0 Å². The van der Waals surface area contributed by atoms with Crippen molar-refractivity contribution < 1.29 is 4.79 Å². The minimum absolute atomic E-state index is 0.0738. The number of rotatable bonds is 8. The first-order chi connectivity index (χ1) is 9.92. The molecule has 4 nitrogen and oxygen atoms in total. The van der Waals surface area contributed by atoms with E-state index >= 15 is 0 Å². The molecule has 118 valence electrons. The van der Waals surface area contributed by atoms with Gasteiger partial charge in [-0.25, -0.2) is 0 Å². The van der Waals surface area contributed by atoms with Crippen LogP contribution in [0.15, 0.2) is 29.3 Å². The Labute approximate surface area is 129 Å². The minimum Gasteiger partial charge on any atom is -0.307 e. The summed E-state index contributed by atoms with van der Waals surface area (Å²) < 4.78 is 0. The van der Waals surface area contributed by atoms with Crippen molar-refractivity contribution in [1.29, 1.82) is 0 Å². The lowest BCUT2D eigenvalue weighted by Crippen LogP contribution is -2.43. The lowest BCUT2D eigenvalue weighted by Gasteiger charge is -2.26. The predicted octanol–water partition coefficient (Wildman–Crippen LogP) is 2.87. The van der Waals surface area contributed by atoms with Gasteiger partial charge >= 0.3 is 0 Å². The van der Waals surface area contributed by atoms with Gasteiger partial charge in [0, 0.05) is 6.54 Å². The van der Waals surface area contributed by atoms with E-state index in [4.69, 9.17) is 0 Å². The van der Waals surface area contributed by atoms with Crippen molar-refractivity contribution in [2.24, 2.45) is 4.99 Å². The molecule has 1 atom stereocenters. The van der Waals surface area contributed by atoms with Crippen LogP contribution in [0.25, 0.3) is 0 Å². The van der Waals surface area contributed by atoms with Crippen LogP contribution in [0, 0.1) is 0 Å². The molecule has 1 aliphatic heterocycles. The van der Waals surface area contributed by atoms with E-state index in [0.29, 0.717) is 6.42 Å². The second kappa shape index (κ2) is 7.55. The predicted molar refractivity (Wildman–Crippen MR) is 89.6 cm³/mol. The van der Waals surface area contributed by atoms with E-state index < -0.39 is 5.54 Å². The summed E-state index contributed by atoms with van der Waals surface area (Å²) in [6, 6.07) is 0. The molecule has 0 bridgehead atoms. The van der Waals surface area contributed by atoms with Crippen LogP contribution in [-0.4, -0.2) is 53.8 Å². The smallest absolute Gasteiger partial charge is 0.260 e. The Morgan fingerprint density at radius 1 is 1.48 bits per heavy atom. The summed E-state index contributed by atoms with van der Waals surface area (Å²) in [6.45, 7) is 14.8. The molecule has 1 amide bonds. The first kappa shape index (κ1) is 17.6. The topological polar surface area (TPSA) is 35.9 Å². The third-order valence-corrected chi connectivity index (χ3v) is 4.21. The van der Waals surface area contributed by atoms with Crippen molar-refractivity contribution in [3.63, 3.8) is 0 Å². The van der Waals surface area contributed by atoms with Gasteiger partial charge in [0.2, 0.25) is 0 Å². The lowest BCUT2D eigenvalue weighted by molar-refractivity contribution is -0.130. The molecule has 0 aromatic carbocycles. The minimum atomic E-state index is -0.784. The van der Waals surface area contributed by atoms with E-state index in [1.54, 1.807) is 0 Å². The monoisotopic (exact) mass is 291 g/mol. The van der Waals surface area contributed by atoms with Crippen LogP contribution in [0.2, 0.25) is 0 Å². The van der Waals surface area contributed by atoms with Gasteiger partial charge in [-0.2, -0.15) is 0 Å². The largest absolute Gasteiger partial charge is 0.307 e. The zero-order valence-electron chi connectivity index (χ0n) is 14.1. The average molecular weight is 291 g/mol. The SMILES string of the molecule is C=C(/C=C\C)[C@@]1(CC)N=C(C)N(CCCN(C)CC)C1=O. The highest BCUT2D eigenvalue weighted by Crippen LogP contribution is 2.33. The van der Waals surface area contributed by atoms with Gasteiger partial charge in [0.1, 0.15) is 5.84 Å². The number of aliphatic imine (C=N–C) groups is 1. The van der Waals surface area contributed by atoms with Crippen LogP contribution >= 0.6 is 0 Å². The molecular weight excluding hydrogens is 262 g/mol. The van der Waals surface area contributed by atoms with Gasteiger partial charge < -0.3 is 4.90 Å². The van der Waals surface area contributed by atoms with Gasteiger partial charge in [-0.1, -0.05) is 32.6 Å². The standard InChI is InChI=1S/C17H29N3O/c1-7-11-14(4)17(8-2)16(21)20(15(5)18-17)13-10-12-19(6)9-3/h7,11H,4,8-10,12-13H2,1-3,5-6H3/b11-7-/t17-/m1/s1. The number of allylic oxidation sites excluding steroid dienone is 1. The highest BCUT2D eigenvalue weighted by molar-refractivity contribution is 6.09. The van der Waals surface area contributed by atoms with Crippen molar-refractivity contribution >= 4 is 11.7 Å². The fourth-order valence-corrected chi connectivity index (χ4v) is 2.68. The maximum atomic E-state index is 12.8. The summed E-state index contributed by atoms with van der Waals surface area (Å²) in [7, 11) is 2.09. The van der Waals surface area contributed by atoms with Gasteiger partial charge in [-0.3, -0.25) is 14.7 Å². The molecule has 0 N–H and O–H groups in total. The number of nitrogens with zero attached hydrogens (tertiary/aromatic N) is 3. The Morgan fingerprint density at radius 2 is 2.14 bits per heavy atom. The van der Waals surface area contributed by atoms with E-state index in [-0.39, 0.29) is 5.91 Å². The Morgan fingerprint density at radius 3 is 2.67 bits per heavy atom. The molecule has 0 fully saturated rings. The zero-order chi connectivity index (χ0) is 16.0. The summed E-state index contributed by atoms with van der Waals surface area (Å²) in [6.07, 6.45) is 5.42. The molecule has 0 aliphatic carbocycles. The zero-order valence-corrected chi connectivity index (χ0v) is 14.1. The second-order valence-electron chi connectivity index (χ2n) is 5.60. The van der Waals surface area contributed by atoms with Crippen LogP contribution in [0.3, 0.4) is 0 Å². The maximum Gasteiger partial charge on any atom is 0.260 e. The fourth-order valence-electron chi connectivity index (χ4n) is 2.68. The summed E-state index contributed by atoms with van der Waals surface area (Å²) in [4.78, 5) is 21.6. The van der Waals surface area contributed by atoms with E-state index in [0.717, 1.165) is 37.5 Å². The van der Waals surface area contributed by atoms with Gasteiger partial charge in [-0.05, 0) is 52.4 Å². The lowest BCUT2D eigenvalue weighted by atomic mass is 9.87. The molecule has 0 aromatic heterocycles. The molecule has 1 rings (SSSR count). The Bertz CT molecular complexity index is 453. The highest BCUT2D eigenvalue weighted by atomic mass is 16.2. The second-order valence-corrected chi connectivity index (χ2v) is 5.60.